The van der Waals surface area contributed by atoms with Crippen molar-refractivity contribution in [3.8, 4) is 11.1 Å². The zero-order valence-corrected chi connectivity index (χ0v) is 13.0. The van der Waals surface area contributed by atoms with E-state index in [0.717, 1.165) is 25.2 Å². The van der Waals surface area contributed by atoms with Crippen LogP contribution in [-0.2, 0) is 6.54 Å². The minimum Gasteiger partial charge on any atom is -0.385 e. The van der Waals surface area contributed by atoms with Crippen LogP contribution in [-0.4, -0.2) is 14.7 Å². The molecule has 1 saturated carbocycles. The summed E-state index contributed by atoms with van der Waals surface area (Å²) < 4.78 is 2.07. The van der Waals surface area contributed by atoms with Gasteiger partial charge in [-0.2, -0.15) is 0 Å². The van der Waals surface area contributed by atoms with Crippen LogP contribution in [0.1, 0.15) is 30.3 Å². The molecule has 0 amide bonds. The number of benzene rings is 2. The van der Waals surface area contributed by atoms with Gasteiger partial charge in [-0.05, 0) is 35.4 Å². The molecule has 3 nitrogen and oxygen atoms in total. The zero-order chi connectivity index (χ0) is 15.6. The van der Waals surface area contributed by atoms with Crippen LogP contribution in [0.4, 0.5) is 0 Å². The number of rotatable bonds is 5. The lowest BCUT2D eigenvalue weighted by Gasteiger charge is -2.15. The van der Waals surface area contributed by atoms with Crippen molar-refractivity contribution in [2.75, 3.05) is 0 Å². The van der Waals surface area contributed by atoms with Crippen molar-refractivity contribution in [3.05, 3.63) is 78.4 Å². The van der Waals surface area contributed by atoms with E-state index in [4.69, 9.17) is 0 Å². The Morgan fingerprint density at radius 1 is 1.04 bits per heavy atom. The molecule has 0 radical (unpaired) electrons. The third kappa shape index (κ3) is 2.92. The monoisotopic (exact) mass is 304 g/mol. The second-order valence-corrected chi connectivity index (χ2v) is 6.22. The molecule has 4 rings (SSSR count). The first kappa shape index (κ1) is 14.2. The minimum atomic E-state index is -0.436. The maximum Gasteiger partial charge on any atom is 0.138 e. The largest absolute Gasteiger partial charge is 0.385 e. The fourth-order valence-electron chi connectivity index (χ4n) is 3.08. The molecule has 0 saturated heterocycles. The molecule has 3 heteroatoms. The summed E-state index contributed by atoms with van der Waals surface area (Å²) in [5, 5.41) is 10.4. The predicted molar refractivity (Wildman–Crippen MR) is 90.9 cm³/mol. The molecule has 116 valence electrons. The van der Waals surface area contributed by atoms with Crippen molar-refractivity contribution in [2.24, 2.45) is 5.92 Å². The molecule has 0 aliphatic heterocycles. The maximum atomic E-state index is 10.4. The molecule has 1 atom stereocenters. The van der Waals surface area contributed by atoms with Gasteiger partial charge in [0.05, 0.1) is 0 Å². The summed E-state index contributed by atoms with van der Waals surface area (Å²) >= 11 is 0. The lowest BCUT2D eigenvalue weighted by molar-refractivity contribution is 0.140. The van der Waals surface area contributed by atoms with E-state index in [9.17, 15) is 5.11 Å². The second-order valence-electron chi connectivity index (χ2n) is 6.22. The van der Waals surface area contributed by atoms with Gasteiger partial charge in [0.2, 0.25) is 0 Å². The Balaban J connectivity index is 1.67. The van der Waals surface area contributed by atoms with Crippen molar-refractivity contribution < 1.29 is 5.11 Å². The predicted octanol–water partition coefficient (Wildman–Crippen LogP) is 4.04. The van der Waals surface area contributed by atoms with E-state index in [1.165, 1.54) is 16.7 Å². The molecule has 1 N–H and O–H groups in total. The summed E-state index contributed by atoms with van der Waals surface area (Å²) in [6.07, 6.45) is 5.52. The molecule has 2 aromatic carbocycles. The van der Waals surface area contributed by atoms with Crippen molar-refractivity contribution >= 4 is 0 Å². The van der Waals surface area contributed by atoms with E-state index < -0.39 is 6.10 Å². The lowest BCUT2D eigenvalue weighted by atomic mass is 9.99. The Hall–Kier alpha value is -2.39. The number of aliphatic hydroxyl groups excluding tert-OH is 1. The fourth-order valence-corrected chi connectivity index (χ4v) is 3.08. The summed E-state index contributed by atoms with van der Waals surface area (Å²) in [4.78, 5) is 4.39. The number of nitrogens with zero attached hydrogens (tertiary/aromatic N) is 2. The van der Waals surface area contributed by atoms with Gasteiger partial charge in [-0.3, -0.25) is 0 Å². The molecule has 1 unspecified atom stereocenters. The highest BCUT2D eigenvalue weighted by molar-refractivity contribution is 5.67. The quantitative estimate of drug-likeness (QED) is 0.772. The Labute approximate surface area is 136 Å². The molecule has 0 bridgehead atoms. The van der Waals surface area contributed by atoms with Gasteiger partial charge in [-0.25, -0.2) is 4.98 Å². The summed E-state index contributed by atoms with van der Waals surface area (Å²) in [5.41, 5.74) is 3.68. The van der Waals surface area contributed by atoms with E-state index in [-0.39, 0.29) is 0 Å². The average molecular weight is 304 g/mol. The zero-order valence-electron chi connectivity index (χ0n) is 13.0. The second kappa shape index (κ2) is 6.01. The number of imidazole rings is 1. The van der Waals surface area contributed by atoms with Gasteiger partial charge in [0.25, 0.3) is 0 Å². The van der Waals surface area contributed by atoms with Gasteiger partial charge in [0.15, 0.2) is 0 Å². The third-order valence-corrected chi connectivity index (χ3v) is 4.52. The SMILES string of the molecule is OC(c1nccn1Cc1ccccc1-c1ccccc1)C1CC1. The highest BCUT2D eigenvalue weighted by Crippen LogP contribution is 2.40. The number of hydrogen-bond acceptors (Lipinski definition) is 2. The highest BCUT2D eigenvalue weighted by atomic mass is 16.3. The molecule has 1 aliphatic rings. The van der Waals surface area contributed by atoms with Gasteiger partial charge in [-0.15, -0.1) is 0 Å². The van der Waals surface area contributed by atoms with E-state index >= 15 is 0 Å². The van der Waals surface area contributed by atoms with E-state index in [1.54, 1.807) is 6.20 Å². The van der Waals surface area contributed by atoms with Crippen molar-refractivity contribution in [1.82, 2.24) is 9.55 Å². The van der Waals surface area contributed by atoms with Gasteiger partial charge in [-0.1, -0.05) is 54.6 Å². The number of aliphatic hydroxyl groups is 1. The Kier molecular flexibility index (Phi) is 3.72. The van der Waals surface area contributed by atoms with Crippen LogP contribution in [0.25, 0.3) is 11.1 Å². The normalized spacial score (nSPS) is 15.5. The van der Waals surface area contributed by atoms with Gasteiger partial charge < -0.3 is 9.67 Å². The van der Waals surface area contributed by atoms with Crippen LogP contribution < -0.4 is 0 Å². The maximum absolute atomic E-state index is 10.4. The third-order valence-electron chi connectivity index (χ3n) is 4.52. The van der Waals surface area contributed by atoms with E-state index in [1.807, 2.05) is 12.3 Å². The van der Waals surface area contributed by atoms with Crippen molar-refractivity contribution in [2.45, 2.75) is 25.5 Å². The fraction of sp³-hybridized carbons (Fsp3) is 0.250. The van der Waals surface area contributed by atoms with Crippen LogP contribution in [0.2, 0.25) is 0 Å². The lowest BCUT2D eigenvalue weighted by Crippen LogP contribution is -2.11. The van der Waals surface area contributed by atoms with Gasteiger partial charge in [0.1, 0.15) is 11.9 Å². The van der Waals surface area contributed by atoms with Gasteiger partial charge in [0, 0.05) is 18.9 Å². The standard InChI is InChI=1S/C20H20N2O/c23-19(16-10-11-16)20-21-12-13-22(20)14-17-8-4-5-9-18(17)15-6-2-1-3-7-15/h1-9,12-13,16,19,23H,10-11,14H2. The van der Waals surface area contributed by atoms with Crippen LogP contribution in [0.15, 0.2) is 67.0 Å². The summed E-state index contributed by atoms with van der Waals surface area (Å²) in [5.74, 6) is 1.18. The van der Waals surface area contributed by atoms with Crippen LogP contribution in [0.3, 0.4) is 0 Å². The Morgan fingerprint density at radius 2 is 1.78 bits per heavy atom. The van der Waals surface area contributed by atoms with Crippen LogP contribution >= 0.6 is 0 Å². The first-order valence-electron chi connectivity index (χ1n) is 8.15. The molecule has 1 heterocycles. The first-order chi connectivity index (χ1) is 11.3. The van der Waals surface area contributed by atoms with E-state index in [0.29, 0.717) is 5.92 Å². The molecule has 3 aromatic rings. The molecule has 1 aromatic heterocycles. The number of aromatic nitrogens is 2. The van der Waals surface area contributed by atoms with Crippen molar-refractivity contribution in [3.63, 3.8) is 0 Å². The van der Waals surface area contributed by atoms with Crippen LogP contribution in [0.5, 0.6) is 0 Å². The molecule has 0 spiro atoms. The minimum absolute atomic E-state index is 0.389. The average Bonchev–Trinajstić information content (AvgIpc) is 3.35. The molecular formula is C20H20N2O. The summed E-state index contributed by atoms with van der Waals surface area (Å²) in [7, 11) is 0. The molecule has 1 aliphatic carbocycles. The molecular weight excluding hydrogens is 284 g/mol. The van der Waals surface area contributed by atoms with Gasteiger partial charge >= 0.3 is 0 Å². The molecule has 23 heavy (non-hydrogen) atoms. The number of hydrogen-bond donors (Lipinski definition) is 1. The van der Waals surface area contributed by atoms with Crippen molar-refractivity contribution in [1.29, 1.82) is 0 Å². The summed E-state index contributed by atoms with van der Waals surface area (Å²) in [6, 6.07) is 18.9. The topological polar surface area (TPSA) is 38.1 Å². The van der Waals surface area contributed by atoms with Crippen LogP contribution in [0, 0.1) is 5.92 Å². The Bertz CT molecular complexity index is 790. The molecule has 1 fully saturated rings. The first-order valence-corrected chi connectivity index (χ1v) is 8.15. The Morgan fingerprint density at radius 3 is 2.57 bits per heavy atom. The smallest absolute Gasteiger partial charge is 0.138 e. The highest BCUT2D eigenvalue weighted by Gasteiger charge is 2.33. The summed E-state index contributed by atoms with van der Waals surface area (Å²) in [6.45, 7) is 0.726. The van der Waals surface area contributed by atoms with E-state index in [2.05, 4.69) is 58.1 Å².